The van der Waals surface area contributed by atoms with Gasteiger partial charge in [-0.2, -0.15) is 13.5 Å². The minimum Gasteiger partial charge on any atom is -0.457 e. The first-order valence-corrected chi connectivity index (χ1v) is 14.9. The Morgan fingerprint density at radius 2 is 1.81 bits per heavy atom. The molecule has 0 radical (unpaired) electrons. The third-order valence-corrected chi connectivity index (χ3v) is 6.86. The van der Waals surface area contributed by atoms with Crippen LogP contribution in [-0.4, -0.2) is 96.0 Å². The van der Waals surface area contributed by atoms with E-state index in [2.05, 4.69) is 30.9 Å². The lowest BCUT2D eigenvalue weighted by molar-refractivity contribution is -0.167. The Kier molecular flexibility index (Phi) is 9.76. The predicted molar refractivity (Wildman–Crippen MR) is 149 cm³/mol. The van der Waals surface area contributed by atoms with Crippen molar-refractivity contribution in [2.24, 2.45) is 5.16 Å². The highest BCUT2D eigenvalue weighted by atomic mass is 32.2. The van der Waals surface area contributed by atoms with E-state index in [0.717, 1.165) is 11.3 Å². The maximum atomic E-state index is 13.4. The van der Waals surface area contributed by atoms with E-state index in [1.807, 2.05) is 0 Å². The SMILES string of the molecule is C[C@@H](ON=C(C(=O)N[C@@H]1C(=O)N(S(=O)(=O)O)[C@@H]1Cn1cncn1)c1csc(NC(=O)OC(C)(C)C)n1)C(=O)OC(C)(C)C. The molecule has 3 atom stereocenters. The smallest absolute Gasteiger partial charge is 0.413 e. The van der Waals surface area contributed by atoms with Gasteiger partial charge in [0.15, 0.2) is 10.8 Å². The average Bonchev–Trinajstić information content (AvgIpc) is 3.51. The summed E-state index contributed by atoms with van der Waals surface area (Å²) in [5.41, 5.74) is -2.29. The lowest BCUT2D eigenvalue weighted by atomic mass is 9.98. The van der Waals surface area contributed by atoms with E-state index >= 15 is 0 Å². The van der Waals surface area contributed by atoms with Gasteiger partial charge in [-0.3, -0.25) is 24.1 Å². The zero-order valence-electron chi connectivity index (χ0n) is 24.3. The summed E-state index contributed by atoms with van der Waals surface area (Å²) in [5, 5.41) is 13.8. The fourth-order valence-corrected chi connectivity index (χ4v) is 5.02. The van der Waals surface area contributed by atoms with Crippen molar-refractivity contribution in [1.82, 2.24) is 29.4 Å². The molecule has 43 heavy (non-hydrogen) atoms. The number of amides is 3. The molecule has 0 unspecified atom stereocenters. The zero-order valence-corrected chi connectivity index (χ0v) is 25.9. The molecule has 0 aromatic carbocycles. The Balaban J connectivity index is 1.88. The Morgan fingerprint density at radius 3 is 2.37 bits per heavy atom. The molecule has 236 valence electrons. The van der Waals surface area contributed by atoms with Gasteiger partial charge in [0.25, 0.3) is 11.8 Å². The quantitative estimate of drug-likeness (QED) is 0.107. The highest BCUT2D eigenvalue weighted by Gasteiger charge is 2.54. The maximum absolute atomic E-state index is 13.4. The number of ether oxygens (including phenoxy) is 2. The maximum Gasteiger partial charge on any atom is 0.413 e. The monoisotopic (exact) mass is 644 g/mol. The molecule has 3 N–H and O–H groups in total. The second kappa shape index (κ2) is 12.6. The number of oxime groups is 1. The summed E-state index contributed by atoms with van der Waals surface area (Å²) in [4.78, 5) is 63.8. The van der Waals surface area contributed by atoms with Gasteiger partial charge in [0.2, 0.25) is 6.10 Å². The van der Waals surface area contributed by atoms with Crippen molar-refractivity contribution in [2.45, 2.75) is 84.4 Å². The number of carbonyl (C=O) groups excluding carboxylic acids is 4. The molecule has 0 saturated carbocycles. The summed E-state index contributed by atoms with van der Waals surface area (Å²) >= 11 is 0.907. The van der Waals surface area contributed by atoms with Gasteiger partial charge < -0.3 is 19.6 Å². The summed E-state index contributed by atoms with van der Waals surface area (Å²) in [6.45, 7) is 11.0. The Bertz CT molecular complexity index is 1490. The molecule has 3 amide bonds. The van der Waals surface area contributed by atoms with Crippen molar-refractivity contribution in [1.29, 1.82) is 0 Å². The molecule has 1 aliphatic heterocycles. The van der Waals surface area contributed by atoms with E-state index in [1.165, 1.54) is 29.6 Å². The van der Waals surface area contributed by atoms with E-state index in [9.17, 15) is 32.1 Å². The van der Waals surface area contributed by atoms with Gasteiger partial charge in [0, 0.05) is 5.38 Å². The fourth-order valence-electron chi connectivity index (χ4n) is 3.46. The van der Waals surface area contributed by atoms with Crippen molar-refractivity contribution in [3.8, 4) is 0 Å². The van der Waals surface area contributed by atoms with Crippen molar-refractivity contribution < 1.29 is 46.5 Å². The molecule has 3 heterocycles. The number of hydrogen-bond acceptors (Lipinski definition) is 14. The Morgan fingerprint density at radius 1 is 1.16 bits per heavy atom. The Hall–Kier alpha value is -4.17. The van der Waals surface area contributed by atoms with Gasteiger partial charge in [0.1, 0.15) is 35.6 Å². The van der Waals surface area contributed by atoms with Crippen molar-refractivity contribution in [3.63, 3.8) is 0 Å². The Labute approximate surface area is 250 Å². The van der Waals surface area contributed by atoms with Crippen molar-refractivity contribution >= 4 is 56.4 Å². The molecule has 0 bridgehead atoms. The number of carbonyl (C=O) groups is 4. The normalized spacial score (nSPS) is 18.4. The molecular formula is C23H32N8O10S2. The summed E-state index contributed by atoms with van der Waals surface area (Å²) in [7, 11) is -4.97. The van der Waals surface area contributed by atoms with Gasteiger partial charge in [-0.25, -0.2) is 23.9 Å². The first-order valence-electron chi connectivity index (χ1n) is 12.6. The predicted octanol–water partition coefficient (Wildman–Crippen LogP) is 0.731. The standard InChI is InChI=1S/C23H32N8O10S2/c1-12(19(34)39-22(2,3)4)41-29-15(13-9-42-20(26-13)28-21(35)40-23(5,6)7)17(32)27-16-14(8-30-11-24-10-25-30)31(18(16)33)43(36,37)38/h9-12,14,16H,8H2,1-7H3,(H,27,32)(H,26,28,35)(H,36,37,38)/t12-,14-,16+/m1/s1. The number of hydrogen-bond donors (Lipinski definition) is 3. The largest absolute Gasteiger partial charge is 0.457 e. The molecule has 18 nitrogen and oxygen atoms in total. The number of anilines is 1. The number of nitrogens with zero attached hydrogens (tertiary/aromatic N) is 6. The number of aromatic nitrogens is 4. The number of rotatable bonds is 10. The lowest BCUT2D eigenvalue weighted by Gasteiger charge is -2.43. The van der Waals surface area contributed by atoms with Crippen LogP contribution in [-0.2, 0) is 45.5 Å². The third kappa shape index (κ3) is 9.16. The van der Waals surface area contributed by atoms with Gasteiger partial charge in [-0.15, -0.1) is 11.3 Å². The van der Waals surface area contributed by atoms with Crippen LogP contribution in [0.2, 0.25) is 0 Å². The topological polar surface area (TPSA) is 234 Å². The number of nitrogens with one attached hydrogen (secondary N) is 2. The van der Waals surface area contributed by atoms with Gasteiger partial charge >= 0.3 is 22.4 Å². The van der Waals surface area contributed by atoms with Crippen LogP contribution >= 0.6 is 11.3 Å². The highest BCUT2D eigenvalue weighted by Crippen LogP contribution is 2.25. The second-order valence-electron chi connectivity index (χ2n) is 11.1. The minimum atomic E-state index is -4.97. The van der Waals surface area contributed by atoms with E-state index in [0.29, 0.717) is 0 Å². The molecule has 2 aromatic heterocycles. The highest BCUT2D eigenvalue weighted by molar-refractivity contribution is 7.84. The van der Waals surface area contributed by atoms with Gasteiger partial charge in [0.05, 0.1) is 12.6 Å². The van der Waals surface area contributed by atoms with Gasteiger partial charge in [-0.1, -0.05) is 5.16 Å². The number of thiazole rings is 1. The van der Waals surface area contributed by atoms with Crippen LogP contribution in [0.4, 0.5) is 9.93 Å². The molecule has 1 saturated heterocycles. The molecule has 1 aliphatic rings. The van der Waals surface area contributed by atoms with Gasteiger partial charge in [-0.05, 0) is 48.5 Å². The van der Waals surface area contributed by atoms with Crippen LogP contribution in [0, 0.1) is 0 Å². The summed E-state index contributed by atoms with van der Waals surface area (Å²) in [6, 6.07) is -2.74. The molecular weight excluding hydrogens is 612 g/mol. The van der Waals surface area contributed by atoms with Crippen molar-refractivity contribution in [3.05, 3.63) is 23.7 Å². The third-order valence-electron chi connectivity index (χ3n) is 5.16. The number of β-lactam (4-membered cyclic amide) rings is 1. The summed E-state index contributed by atoms with van der Waals surface area (Å²) in [5.74, 6) is -2.97. The zero-order chi connectivity index (χ0) is 32.3. The molecule has 20 heteroatoms. The van der Waals surface area contributed by atoms with E-state index < -0.39 is 69.3 Å². The molecule has 0 spiro atoms. The first kappa shape index (κ1) is 33.3. The van der Waals surface area contributed by atoms with Crippen LogP contribution in [0.25, 0.3) is 0 Å². The summed E-state index contributed by atoms with van der Waals surface area (Å²) < 4.78 is 45.0. The lowest BCUT2D eigenvalue weighted by Crippen LogP contribution is -2.73. The molecule has 0 aliphatic carbocycles. The van der Waals surface area contributed by atoms with E-state index in [-0.39, 0.29) is 21.7 Å². The van der Waals surface area contributed by atoms with Crippen LogP contribution in [0.5, 0.6) is 0 Å². The van der Waals surface area contributed by atoms with Crippen LogP contribution in [0.15, 0.2) is 23.2 Å². The fraction of sp³-hybridized carbons (Fsp3) is 0.565. The molecule has 2 aromatic rings. The minimum absolute atomic E-state index is 0.0197. The average molecular weight is 645 g/mol. The number of esters is 1. The van der Waals surface area contributed by atoms with Crippen molar-refractivity contribution in [2.75, 3.05) is 5.32 Å². The van der Waals surface area contributed by atoms with Crippen LogP contribution < -0.4 is 10.6 Å². The van der Waals surface area contributed by atoms with E-state index in [1.54, 1.807) is 41.5 Å². The first-order chi connectivity index (χ1) is 19.7. The molecule has 3 rings (SSSR count). The second-order valence-corrected chi connectivity index (χ2v) is 13.3. The van der Waals surface area contributed by atoms with E-state index in [4.69, 9.17) is 14.3 Å². The van der Waals surface area contributed by atoms with Crippen LogP contribution in [0.3, 0.4) is 0 Å². The summed E-state index contributed by atoms with van der Waals surface area (Å²) in [6.07, 6.45) is 0.329. The van der Waals surface area contributed by atoms with Crippen LogP contribution in [0.1, 0.15) is 54.2 Å². The molecule has 1 fully saturated rings.